The zero-order valence-electron chi connectivity index (χ0n) is 15.0. The predicted octanol–water partition coefficient (Wildman–Crippen LogP) is 2.68. The van der Waals surface area contributed by atoms with E-state index in [4.69, 9.17) is 11.6 Å². The maximum absolute atomic E-state index is 13.2. The zero-order valence-corrected chi connectivity index (χ0v) is 16.5. The molecule has 3 aromatic rings. The highest BCUT2D eigenvalue weighted by Gasteiger charge is 2.16. The SMILES string of the molecule is O=C(NCc1ccncc1)c1ccc(CNS(=O)(=O)c2ccc(F)c(Cl)c2)cn1. The topological polar surface area (TPSA) is 101 Å². The van der Waals surface area contributed by atoms with Crippen LogP contribution >= 0.6 is 11.6 Å². The summed E-state index contributed by atoms with van der Waals surface area (Å²) in [6, 6.07) is 9.81. The van der Waals surface area contributed by atoms with E-state index in [1.165, 1.54) is 12.3 Å². The van der Waals surface area contributed by atoms with Gasteiger partial charge in [-0.15, -0.1) is 0 Å². The minimum absolute atomic E-state index is 0.0523. The van der Waals surface area contributed by atoms with Crippen LogP contribution < -0.4 is 10.0 Å². The van der Waals surface area contributed by atoms with Crippen molar-refractivity contribution in [1.29, 1.82) is 0 Å². The molecule has 0 saturated carbocycles. The number of halogens is 2. The van der Waals surface area contributed by atoms with Gasteiger partial charge in [0.25, 0.3) is 5.91 Å². The monoisotopic (exact) mass is 434 g/mol. The molecule has 0 aliphatic heterocycles. The summed E-state index contributed by atoms with van der Waals surface area (Å²) in [5.41, 5.74) is 1.66. The van der Waals surface area contributed by atoms with Gasteiger partial charge in [-0.2, -0.15) is 0 Å². The molecule has 150 valence electrons. The number of pyridine rings is 2. The third-order valence-electron chi connectivity index (χ3n) is 3.93. The summed E-state index contributed by atoms with van der Waals surface area (Å²) < 4.78 is 40.1. The summed E-state index contributed by atoms with van der Waals surface area (Å²) in [6.45, 7) is 0.286. The van der Waals surface area contributed by atoms with Crippen LogP contribution in [0.15, 0.2) is 66.0 Å². The average Bonchev–Trinajstić information content (AvgIpc) is 2.73. The minimum Gasteiger partial charge on any atom is -0.347 e. The van der Waals surface area contributed by atoms with E-state index in [-0.39, 0.29) is 28.1 Å². The molecule has 0 radical (unpaired) electrons. The molecular weight excluding hydrogens is 419 g/mol. The molecule has 0 aliphatic rings. The summed E-state index contributed by atoms with van der Waals surface area (Å²) in [4.78, 5) is 20.0. The van der Waals surface area contributed by atoms with Gasteiger partial charge in [0.05, 0.1) is 9.92 Å². The Kier molecular flexibility index (Phi) is 6.53. The second-order valence-electron chi connectivity index (χ2n) is 5.99. The van der Waals surface area contributed by atoms with E-state index in [0.717, 1.165) is 23.8 Å². The number of nitrogens with zero attached hydrogens (tertiary/aromatic N) is 2. The van der Waals surface area contributed by atoms with Gasteiger partial charge in [0.15, 0.2) is 0 Å². The molecule has 2 aromatic heterocycles. The lowest BCUT2D eigenvalue weighted by molar-refractivity contribution is 0.0946. The molecule has 29 heavy (non-hydrogen) atoms. The van der Waals surface area contributed by atoms with Crippen LogP contribution in [0.3, 0.4) is 0 Å². The molecule has 0 unspecified atom stereocenters. The number of aromatic nitrogens is 2. The summed E-state index contributed by atoms with van der Waals surface area (Å²) in [5.74, 6) is -1.05. The molecule has 2 N–H and O–H groups in total. The lowest BCUT2D eigenvalue weighted by Crippen LogP contribution is -2.25. The van der Waals surface area contributed by atoms with E-state index in [9.17, 15) is 17.6 Å². The van der Waals surface area contributed by atoms with Crippen LogP contribution in [0, 0.1) is 5.82 Å². The van der Waals surface area contributed by atoms with Gasteiger partial charge in [0.1, 0.15) is 11.5 Å². The molecule has 0 fully saturated rings. The van der Waals surface area contributed by atoms with Gasteiger partial charge < -0.3 is 5.32 Å². The molecule has 0 atom stereocenters. The van der Waals surface area contributed by atoms with Crippen LogP contribution in [0.2, 0.25) is 5.02 Å². The molecule has 1 aromatic carbocycles. The second kappa shape index (κ2) is 9.08. The number of hydrogen-bond donors (Lipinski definition) is 2. The number of carbonyl (C=O) groups excluding carboxylic acids is 1. The number of carbonyl (C=O) groups is 1. The maximum Gasteiger partial charge on any atom is 0.270 e. The number of amides is 1. The van der Waals surface area contributed by atoms with E-state index in [0.29, 0.717) is 12.1 Å². The number of benzene rings is 1. The summed E-state index contributed by atoms with van der Waals surface area (Å²) >= 11 is 5.63. The lowest BCUT2D eigenvalue weighted by Gasteiger charge is -2.08. The van der Waals surface area contributed by atoms with E-state index < -0.39 is 15.8 Å². The van der Waals surface area contributed by atoms with Crippen molar-refractivity contribution in [1.82, 2.24) is 20.0 Å². The van der Waals surface area contributed by atoms with Crippen molar-refractivity contribution in [3.05, 3.63) is 88.7 Å². The number of hydrogen-bond acceptors (Lipinski definition) is 5. The molecule has 0 saturated heterocycles. The highest BCUT2D eigenvalue weighted by atomic mass is 35.5. The van der Waals surface area contributed by atoms with Crippen molar-refractivity contribution >= 4 is 27.5 Å². The Bertz CT molecular complexity index is 1110. The predicted molar refractivity (Wildman–Crippen MR) is 105 cm³/mol. The molecule has 10 heteroatoms. The number of rotatable bonds is 7. The first-order valence-electron chi connectivity index (χ1n) is 8.42. The van der Waals surface area contributed by atoms with Crippen LogP contribution in [0.1, 0.15) is 21.6 Å². The van der Waals surface area contributed by atoms with Gasteiger partial charge in [0.2, 0.25) is 10.0 Å². The normalized spacial score (nSPS) is 11.2. The summed E-state index contributed by atoms with van der Waals surface area (Å²) in [5, 5.41) is 2.46. The van der Waals surface area contributed by atoms with Crippen LogP contribution in [-0.4, -0.2) is 24.3 Å². The fourth-order valence-corrected chi connectivity index (χ4v) is 3.63. The van der Waals surface area contributed by atoms with Gasteiger partial charge in [-0.05, 0) is 47.5 Å². The Labute approximate surface area is 172 Å². The Morgan fingerprint density at radius 2 is 1.79 bits per heavy atom. The third kappa shape index (κ3) is 5.57. The zero-order chi connectivity index (χ0) is 20.9. The Morgan fingerprint density at radius 1 is 1.03 bits per heavy atom. The van der Waals surface area contributed by atoms with Gasteiger partial charge in [-0.3, -0.25) is 14.8 Å². The van der Waals surface area contributed by atoms with E-state index in [1.807, 2.05) is 0 Å². The number of nitrogens with one attached hydrogen (secondary N) is 2. The first-order valence-corrected chi connectivity index (χ1v) is 10.3. The van der Waals surface area contributed by atoms with Crippen molar-refractivity contribution in [3.8, 4) is 0 Å². The molecule has 0 bridgehead atoms. The van der Waals surface area contributed by atoms with Crippen molar-refractivity contribution in [2.24, 2.45) is 0 Å². The van der Waals surface area contributed by atoms with Gasteiger partial charge in [-0.1, -0.05) is 17.7 Å². The fourth-order valence-electron chi connectivity index (χ4n) is 2.34. The largest absolute Gasteiger partial charge is 0.347 e. The Balaban J connectivity index is 1.58. The van der Waals surface area contributed by atoms with Crippen LogP contribution in [0.25, 0.3) is 0 Å². The lowest BCUT2D eigenvalue weighted by atomic mass is 10.2. The van der Waals surface area contributed by atoms with Crippen LogP contribution in [-0.2, 0) is 23.1 Å². The first kappa shape index (κ1) is 20.8. The molecule has 0 aliphatic carbocycles. The summed E-state index contributed by atoms with van der Waals surface area (Å²) in [6.07, 6.45) is 4.67. The Hall–Kier alpha value is -2.88. The first-order chi connectivity index (χ1) is 13.8. The molecule has 2 heterocycles. The quantitative estimate of drug-likeness (QED) is 0.595. The fraction of sp³-hybridized carbons (Fsp3) is 0.105. The van der Waals surface area contributed by atoms with E-state index in [1.54, 1.807) is 30.6 Å². The van der Waals surface area contributed by atoms with Gasteiger partial charge in [-0.25, -0.2) is 17.5 Å². The molecule has 1 amide bonds. The van der Waals surface area contributed by atoms with Crippen LogP contribution in [0.4, 0.5) is 4.39 Å². The molecule has 0 spiro atoms. The smallest absolute Gasteiger partial charge is 0.270 e. The van der Waals surface area contributed by atoms with Gasteiger partial charge in [0, 0.05) is 31.7 Å². The van der Waals surface area contributed by atoms with Crippen molar-refractivity contribution < 1.29 is 17.6 Å². The van der Waals surface area contributed by atoms with Crippen LogP contribution in [0.5, 0.6) is 0 Å². The molecule has 3 rings (SSSR count). The minimum atomic E-state index is -3.88. The van der Waals surface area contributed by atoms with Crippen molar-refractivity contribution in [3.63, 3.8) is 0 Å². The number of sulfonamides is 1. The third-order valence-corrected chi connectivity index (χ3v) is 5.62. The highest BCUT2D eigenvalue weighted by molar-refractivity contribution is 7.89. The van der Waals surface area contributed by atoms with Crippen molar-refractivity contribution in [2.45, 2.75) is 18.0 Å². The Morgan fingerprint density at radius 3 is 2.45 bits per heavy atom. The molecular formula is C19H16ClFN4O3S. The average molecular weight is 435 g/mol. The highest BCUT2D eigenvalue weighted by Crippen LogP contribution is 2.19. The molecule has 7 nitrogen and oxygen atoms in total. The van der Waals surface area contributed by atoms with Gasteiger partial charge >= 0.3 is 0 Å². The summed E-state index contributed by atoms with van der Waals surface area (Å²) in [7, 11) is -3.88. The van der Waals surface area contributed by atoms with E-state index in [2.05, 4.69) is 20.0 Å². The van der Waals surface area contributed by atoms with Crippen molar-refractivity contribution in [2.75, 3.05) is 0 Å². The maximum atomic E-state index is 13.2. The second-order valence-corrected chi connectivity index (χ2v) is 8.16. The van der Waals surface area contributed by atoms with E-state index >= 15 is 0 Å². The standard InChI is InChI=1S/C19H16ClFN4O3S/c20-16-9-15(2-3-17(16)21)29(27,28)25-12-14-1-4-18(23-11-14)19(26)24-10-13-5-7-22-8-6-13/h1-9,11,25H,10,12H2,(H,24,26).